The van der Waals surface area contributed by atoms with Gasteiger partial charge in [0.2, 0.25) is 0 Å². The van der Waals surface area contributed by atoms with Crippen LogP contribution in [0.4, 0.5) is 0 Å². The van der Waals surface area contributed by atoms with E-state index in [9.17, 15) is 19.5 Å². The molecule has 0 aliphatic rings. The molecule has 8 nitrogen and oxygen atoms in total. The molecular formula is C18H17ClN2O6. The van der Waals surface area contributed by atoms with Crippen LogP contribution in [0, 0.1) is 0 Å². The van der Waals surface area contributed by atoms with Crippen molar-refractivity contribution >= 4 is 29.4 Å². The van der Waals surface area contributed by atoms with Crippen molar-refractivity contribution in [3.63, 3.8) is 0 Å². The van der Waals surface area contributed by atoms with Crippen LogP contribution in [0.3, 0.4) is 0 Å². The van der Waals surface area contributed by atoms with Gasteiger partial charge in [-0.25, -0.2) is 14.6 Å². The van der Waals surface area contributed by atoms with Crippen molar-refractivity contribution in [1.82, 2.24) is 10.4 Å². The van der Waals surface area contributed by atoms with Crippen molar-refractivity contribution < 1.29 is 29.7 Å². The molecule has 0 heterocycles. The van der Waals surface area contributed by atoms with Gasteiger partial charge in [-0.05, 0) is 28.8 Å². The normalized spacial score (nSPS) is 11.8. The van der Waals surface area contributed by atoms with Crippen LogP contribution in [-0.4, -0.2) is 50.8 Å². The average molecular weight is 393 g/mol. The number of carboxylic acids is 2. The van der Waals surface area contributed by atoms with Crippen molar-refractivity contribution in [2.75, 3.05) is 6.54 Å². The average Bonchev–Trinajstić information content (AvgIpc) is 2.62. The Bertz CT molecular complexity index is 840. The summed E-state index contributed by atoms with van der Waals surface area (Å²) in [5.74, 6) is -4.54. The van der Waals surface area contributed by atoms with E-state index >= 15 is 0 Å². The fourth-order valence-corrected chi connectivity index (χ4v) is 2.51. The SMILES string of the molecule is O=C(O)C(=O)NN(Cc1ccc(-c2cccc(Cl)c2)cc1)C[C@@H](O)C(=O)O. The van der Waals surface area contributed by atoms with Crippen LogP contribution in [0.15, 0.2) is 48.5 Å². The summed E-state index contributed by atoms with van der Waals surface area (Å²) in [5, 5.41) is 28.6. The molecule has 0 saturated heterocycles. The van der Waals surface area contributed by atoms with Crippen molar-refractivity contribution in [3.05, 3.63) is 59.1 Å². The van der Waals surface area contributed by atoms with E-state index in [0.717, 1.165) is 16.1 Å². The van der Waals surface area contributed by atoms with Crippen LogP contribution in [-0.2, 0) is 20.9 Å². The van der Waals surface area contributed by atoms with Crippen molar-refractivity contribution in [2.24, 2.45) is 0 Å². The zero-order valence-corrected chi connectivity index (χ0v) is 14.8. The molecule has 2 aromatic rings. The van der Waals surface area contributed by atoms with Gasteiger partial charge in [0.05, 0.1) is 6.54 Å². The first-order chi connectivity index (χ1) is 12.8. The molecular weight excluding hydrogens is 376 g/mol. The van der Waals surface area contributed by atoms with Gasteiger partial charge in [-0.15, -0.1) is 0 Å². The Hall–Kier alpha value is -2.94. The van der Waals surface area contributed by atoms with Crippen LogP contribution in [0.5, 0.6) is 0 Å². The molecule has 0 unspecified atom stereocenters. The molecule has 142 valence electrons. The lowest BCUT2D eigenvalue weighted by molar-refractivity contribution is -0.154. The number of hydrazine groups is 1. The summed E-state index contributed by atoms with van der Waals surface area (Å²) in [4.78, 5) is 32.9. The number of carboxylic acid groups (broad SMARTS) is 2. The predicted octanol–water partition coefficient (Wildman–Crippen LogP) is 1.37. The predicted molar refractivity (Wildman–Crippen MR) is 96.7 cm³/mol. The fourth-order valence-electron chi connectivity index (χ4n) is 2.32. The highest BCUT2D eigenvalue weighted by atomic mass is 35.5. The Balaban J connectivity index is 2.14. The van der Waals surface area contributed by atoms with E-state index < -0.39 is 30.5 Å². The molecule has 0 aliphatic heterocycles. The Labute approximate surface area is 159 Å². The molecule has 1 atom stereocenters. The van der Waals surface area contributed by atoms with Crippen LogP contribution in [0.25, 0.3) is 11.1 Å². The molecule has 9 heteroatoms. The van der Waals surface area contributed by atoms with E-state index in [1.54, 1.807) is 24.3 Å². The van der Waals surface area contributed by atoms with E-state index in [2.05, 4.69) is 5.43 Å². The summed E-state index contributed by atoms with van der Waals surface area (Å²) >= 11 is 5.98. The van der Waals surface area contributed by atoms with E-state index in [1.807, 2.05) is 24.3 Å². The fraction of sp³-hybridized carbons (Fsp3) is 0.167. The number of halogens is 1. The maximum absolute atomic E-state index is 11.4. The molecule has 1 amide bonds. The number of aliphatic carboxylic acids is 2. The van der Waals surface area contributed by atoms with Crippen molar-refractivity contribution in [1.29, 1.82) is 0 Å². The number of nitrogens with zero attached hydrogens (tertiary/aromatic N) is 1. The van der Waals surface area contributed by atoms with Crippen molar-refractivity contribution in [2.45, 2.75) is 12.6 Å². The maximum atomic E-state index is 11.4. The maximum Gasteiger partial charge on any atom is 0.395 e. The monoisotopic (exact) mass is 392 g/mol. The Morgan fingerprint density at radius 1 is 1.04 bits per heavy atom. The van der Waals surface area contributed by atoms with Gasteiger partial charge >= 0.3 is 17.8 Å². The lowest BCUT2D eigenvalue weighted by Gasteiger charge is -2.23. The number of amides is 1. The minimum atomic E-state index is -1.79. The van der Waals surface area contributed by atoms with Crippen LogP contribution < -0.4 is 5.43 Å². The largest absolute Gasteiger partial charge is 0.479 e. The minimum absolute atomic E-state index is 0.000808. The number of benzene rings is 2. The minimum Gasteiger partial charge on any atom is -0.479 e. The second-order valence-corrected chi connectivity index (χ2v) is 6.12. The molecule has 2 rings (SSSR count). The van der Waals surface area contributed by atoms with Crippen molar-refractivity contribution in [3.8, 4) is 11.1 Å². The number of carbonyl (C=O) groups excluding carboxylic acids is 1. The number of nitrogens with one attached hydrogen (secondary N) is 1. The molecule has 2 aromatic carbocycles. The summed E-state index contributed by atoms with van der Waals surface area (Å²) in [6.45, 7) is -0.483. The third kappa shape index (κ3) is 6.07. The molecule has 0 aromatic heterocycles. The zero-order valence-electron chi connectivity index (χ0n) is 14.0. The lowest BCUT2D eigenvalue weighted by atomic mass is 10.0. The first-order valence-electron chi connectivity index (χ1n) is 7.81. The van der Waals surface area contributed by atoms with E-state index in [1.165, 1.54) is 0 Å². The van der Waals surface area contributed by atoms with Gasteiger partial charge < -0.3 is 15.3 Å². The highest BCUT2D eigenvalue weighted by Gasteiger charge is 2.22. The summed E-state index contributed by atoms with van der Waals surface area (Å²) in [6.07, 6.45) is -1.79. The summed E-state index contributed by atoms with van der Waals surface area (Å²) in [5.41, 5.74) is 4.53. The van der Waals surface area contributed by atoms with Crippen LogP contribution in [0.2, 0.25) is 5.02 Å². The summed E-state index contributed by atoms with van der Waals surface area (Å²) in [6, 6.07) is 14.4. The Morgan fingerprint density at radius 2 is 1.70 bits per heavy atom. The molecule has 0 aliphatic carbocycles. The molecule has 0 radical (unpaired) electrons. The van der Waals surface area contributed by atoms with E-state index in [-0.39, 0.29) is 6.54 Å². The Morgan fingerprint density at radius 3 is 2.26 bits per heavy atom. The highest BCUT2D eigenvalue weighted by Crippen LogP contribution is 2.23. The Kier molecular flexibility index (Phi) is 6.89. The van der Waals surface area contributed by atoms with Gasteiger partial charge in [0.15, 0.2) is 6.10 Å². The number of hydrogen-bond acceptors (Lipinski definition) is 5. The van der Waals surface area contributed by atoms with Gasteiger partial charge in [-0.1, -0.05) is 48.0 Å². The van der Waals surface area contributed by atoms with Crippen LogP contribution in [0.1, 0.15) is 5.56 Å². The third-order valence-electron chi connectivity index (χ3n) is 3.62. The third-order valence-corrected chi connectivity index (χ3v) is 3.85. The summed E-state index contributed by atoms with van der Waals surface area (Å²) in [7, 11) is 0. The molecule has 4 N–H and O–H groups in total. The first kappa shape index (κ1) is 20.4. The molecule has 0 fully saturated rings. The second-order valence-electron chi connectivity index (χ2n) is 5.69. The highest BCUT2D eigenvalue weighted by molar-refractivity contribution is 6.31. The molecule has 0 spiro atoms. The zero-order chi connectivity index (χ0) is 20.0. The topological polar surface area (TPSA) is 127 Å². The smallest absolute Gasteiger partial charge is 0.395 e. The molecule has 27 heavy (non-hydrogen) atoms. The van der Waals surface area contributed by atoms with Gasteiger partial charge in [0.1, 0.15) is 0 Å². The first-order valence-corrected chi connectivity index (χ1v) is 8.18. The van der Waals surface area contributed by atoms with Gasteiger partial charge in [-0.3, -0.25) is 10.2 Å². The number of hydrogen-bond donors (Lipinski definition) is 4. The van der Waals surface area contributed by atoms with E-state index in [0.29, 0.717) is 10.6 Å². The number of aliphatic hydroxyl groups is 1. The van der Waals surface area contributed by atoms with Crippen LogP contribution >= 0.6 is 11.6 Å². The standard InChI is InChI=1S/C18H17ClN2O6/c19-14-3-1-2-13(8-14)12-6-4-11(5-7-12)9-21(10-15(22)17(24)25)20-16(23)18(26)27/h1-8,15,22H,9-10H2,(H,20,23)(H,24,25)(H,26,27)/t15-/m1/s1. The van der Waals surface area contributed by atoms with E-state index in [4.69, 9.17) is 21.8 Å². The van der Waals surface area contributed by atoms with Gasteiger partial charge in [0, 0.05) is 11.6 Å². The lowest BCUT2D eigenvalue weighted by Crippen LogP contribution is -2.49. The summed E-state index contributed by atoms with van der Waals surface area (Å²) < 4.78 is 0. The van der Waals surface area contributed by atoms with Gasteiger partial charge in [-0.2, -0.15) is 0 Å². The number of rotatable bonds is 7. The molecule has 0 bridgehead atoms. The number of carbonyl (C=O) groups is 3. The molecule has 0 saturated carbocycles. The van der Waals surface area contributed by atoms with Gasteiger partial charge in [0.25, 0.3) is 0 Å². The second kappa shape index (κ2) is 9.13. The quantitative estimate of drug-likeness (QED) is 0.414. The number of aliphatic hydroxyl groups excluding tert-OH is 1.